The van der Waals surface area contributed by atoms with Crippen LogP contribution >= 0.6 is 23.1 Å². The zero-order valence-electron chi connectivity index (χ0n) is 14.0. The Morgan fingerprint density at radius 2 is 2.15 bits per heavy atom. The highest BCUT2D eigenvalue weighted by molar-refractivity contribution is 7.98. The van der Waals surface area contributed by atoms with Gasteiger partial charge in [0, 0.05) is 11.1 Å². The van der Waals surface area contributed by atoms with Crippen LogP contribution in [-0.4, -0.2) is 26.9 Å². The summed E-state index contributed by atoms with van der Waals surface area (Å²) >= 11 is 3.22. The lowest BCUT2D eigenvalue weighted by atomic mass is 10.2. The van der Waals surface area contributed by atoms with Crippen molar-refractivity contribution in [1.29, 1.82) is 0 Å². The van der Waals surface area contributed by atoms with Crippen molar-refractivity contribution in [1.82, 2.24) is 19.7 Å². The predicted molar refractivity (Wildman–Crippen MR) is 101 cm³/mol. The molecule has 132 valence electrons. The number of benzene rings is 1. The van der Waals surface area contributed by atoms with Gasteiger partial charge in [0.2, 0.25) is 0 Å². The highest BCUT2D eigenvalue weighted by atomic mass is 32.2. The van der Waals surface area contributed by atoms with Crippen LogP contribution in [-0.2, 0) is 12.3 Å². The van der Waals surface area contributed by atoms with Gasteiger partial charge in [0.15, 0.2) is 5.16 Å². The first-order valence-electron chi connectivity index (χ1n) is 7.94. The standard InChI is InChI=1S/C18H16N4O2S2/c1-23-16-7-3-2-6-15(16)17-20-13(10-25-17)11-26-18-21-19-12-22(18)9-14-5-4-8-24-14/h2-8,10,12H,9,11H2,1H3. The van der Waals surface area contributed by atoms with E-state index in [1.165, 1.54) is 0 Å². The highest BCUT2D eigenvalue weighted by Gasteiger charge is 2.12. The van der Waals surface area contributed by atoms with Gasteiger partial charge in [0.25, 0.3) is 0 Å². The lowest BCUT2D eigenvalue weighted by molar-refractivity contribution is 0.416. The van der Waals surface area contributed by atoms with Crippen molar-refractivity contribution in [3.05, 3.63) is 65.8 Å². The van der Waals surface area contributed by atoms with Crippen LogP contribution in [0.3, 0.4) is 0 Å². The fourth-order valence-corrected chi connectivity index (χ4v) is 4.25. The largest absolute Gasteiger partial charge is 0.496 e. The Bertz CT molecular complexity index is 979. The van der Waals surface area contributed by atoms with E-state index in [0.717, 1.165) is 38.7 Å². The first kappa shape index (κ1) is 16.9. The van der Waals surface area contributed by atoms with Gasteiger partial charge in [-0.1, -0.05) is 23.9 Å². The third-order valence-electron chi connectivity index (χ3n) is 3.72. The summed E-state index contributed by atoms with van der Waals surface area (Å²) in [5.74, 6) is 2.43. The minimum atomic E-state index is 0.617. The third-order valence-corrected chi connectivity index (χ3v) is 5.66. The molecule has 0 atom stereocenters. The van der Waals surface area contributed by atoms with Gasteiger partial charge in [-0.2, -0.15) is 0 Å². The van der Waals surface area contributed by atoms with E-state index >= 15 is 0 Å². The average Bonchev–Trinajstić information content (AvgIpc) is 3.43. The Balaban J connectivity index is 1.45. The Morgan fingerprint density at radius 3 is 3.00 bits per heavy atom. The highest BCUT2D eigenvalue weighted by Crippen LogP contribution is 2.33. The molecule has 0 unspecified atom stereocenters. The molecule has 0 radical (unpaired) electrons. The summed E-state index contributed by atoms with van der Waals surface area (Å²) in [5, 5.41) is 12.1. The van der Waals surface area contributed by atoms with Crippen LogP contribution in [0.5, 0.6) is 5.75 Å². The Labute approximate surface area is 158 Å². The van der Waals surface area contributed by atoms with E-state index in [0.29, 0.717) is 6.54 Å². The van der Waals surface area contributed by atoms with Gasteiger partial charge in [-0.05, 0) is 24.3 Å². The molecule has 3 aromatic heterocycles. The third kappa shape index (κ3) is 3.66. The topological polar surface area (TPSA) is 66.0 Å². The van der Waals surface area contributed by atoms with Crippen LogP contribution in [0.15, 0.2) is 63.9 Å². The second-order valence-corrected chi connectivity index (χ2v) is 7.25. The molecule has 0 saturated heterocycles. The number of ether oxygens (including phenoxy) is 1. The lowest BCUT2D eigenvalue weighted by Crippen LogP contribution is -1.99. The fraction of sp³-hybridized carbons (Fsp3) is 0.167. The molecule has 26 heavy (non-hydrogen) atoms. The summed E-state index contributed by atoms with van der Waals surface area (Å²) in [6.45, 7) is 0.617. The molecule has 4 rings (SSSR count). The molecule has 0 amide bonds. The van der Waals surface area contributed by atoms with Crippen molar-refractivity contribution >= 4 is 23.1 Å². The maximum absolute atomic E-state index is 5.42. The monoisotopic (exact) mass is 384 g/mol. The summed E-state index contributed by atoms with van der Waals surface area (Å²) < 4.78 is 12.8. The number of hydrogen-bond acceptors (Lipinski definition) is 7. The van der Waals surface area contributed by atoms with Crippen LogP contribution in [0.2, 0.25) is 0 Å². The number of aromatic nitrogens is 4. The molecule has 6 nitrogen and oxygen atoms in total. The van der Waals surface area contributed by atoms with Crippen LogP contribution in [0.4, 0.5) is 0 Å². The fourth-order valence-electron chi connectivity index (χ4n) is 2.49. The van der Waals surface area contributed by atoms with Gasteiger partial charge in [-0.15, -0.1) is 21.5 Å². The normalized spacial score (nSPS) is 11.0. The van der Waals surface area contributed by atoms with Gasteiger partial charge in [-0.3, -0.25) is 0 Å². The minimum Gasteiger partial charge on any atom is -0.496 e. The Kier molecular flexibility index (Phi) is 5.03. The molecule has 1 aromatic carbocycles. The van der Waals surface area contributed by atoms with Crippen molar-refractivity contribution in [2.24, 2.45) is 0 Å². The van der Waals surface area contributed by atoms with Crippen LogP contribution in [0, 0.1) is 0 Å². The number of thiazole rings is 1. The molecule has 0 spiro atoms. The number of methoxy groups -OCH3 is 1. The summed E-state index contributed by atoms with van der Waals surface area (Å²) in [6.07, 6.45) is 3.38. The summed E-state index contributed by atoms with van der Waals surface area (Å²) in [6, 6.07) is 11.7. The maximum Gasteiger partial charge on any atom is 0.191 e. The van der Waals surface area contributed by atoms with Crippen molar-refractivity contribution in [3.63, 3.8) is 0 Å². The van der Waals surface area contributed by atoms with Gasteiger partial charge < -0.3 is 13.7 Å². The van der Waals surface area contributed by atoms with Crippen LogP contribution < -0.4 is 4.74 Å². The molecule has 0 saturated carbocycles. The SMILES string of the molecule is COc1ccccc1-c1nc(CSc2nncn2Cc2ccco2)cs1. The van der Waals surface area contributed by atoms with Gasteiger partial charge in [0.1, 0.15) is 22.8 Å². The summed E-state index contributed by atoms with van der Waals surface area (Å²) in [5.41, 5.74) is 2.02. The first-order valence-corrected chi connectivity index (χ1v) is 9.81. The lowest BCUT2D eigenvalue weighted by Gasteiger charge is -2.05. The van der Waals surface area contributed by atoms with E-state index in [2.05, 4.69) is 15.6 Å². The molecule has 0 bridgehead atoms. The average molecular weight is 384 g/mol. The smallest absolute Gasteiger partial charge is 0.191 e. The van der Waals surface area contributed by atoms with Gasteiger partial charge in [0.05, 0.1) is 31.2 Å². The number of hydrogen-bond donors (Lipinski definition) is 0. The number of rotatable bonds is 7. The minimum absolute atomic E-state index is 0.617. The van der Waals surface area contributed by atoms with E-state index in [4.69, 9.17) is 14.1 Å². The Morgan fingerprint density at radius 1 is 1.23 bits per heavy atom. The molecular weight excluding hydrogens is 368 g/mol. The zero-order chi connectivity index (χ0) is 17.8. The van der Waals surface area contributed by atoms with Crippen molar-refractivity contribution < 1.29 is 9.15 Å². The van der Waals surface area contributed by atoms with E-state index in [9.17, 15) is 0 Å². The van der Waals surface area contributed by atoms with Crippen molar-refractivity contribution in [3.8, 4) is 16.3 Å². The zero-order valence-corrected chi connectivity index (χ0v) is 15.7. The van der Waals surface area contributed by atoms with E-state index in [-0.39, 0.29) is 0 Å². The second kappa shape index (κ2) is 7.76. The molecule has 0 N–H and O–H groups in total. The van der Waals surface area contributed by atoms with Crippen molar-refractivity contribution in [2.75, 3.05) is 7.11 Å². The van der Waals surface area contributed by atoms with Crippen molar-refractivity contribution in [2.45, 2.75) is 17.5 Å². The molecule has 3 heterocycles. The number of nitrogens with zero attached hydrogens (tertiary/aromatic N) is 4. The molecule has 4 aromatic rings. The molecule has 0 fully saturated rings. The van der Waals surface area contributed by atoms with Gasteiger partial charge in [-0.25, -0.2) is 4.98 Å². The quantitative estimate of drug-likeness (QED) is 0.442. The number of furan rings is 1. The predicted octanol–water partition coefficient (Wildman–Crippen LogP) is 4.34. The molecular formula is C18H16N4O2S2. The van der Waals surface area contributed by atoms with Crippen LogP contribution in [0.25, 0.3) is 10.6 Å². The number of para-hydroxylation sites is 1. The summed E-state index contributed by atoms with van der Waals surface area (Å²) in [4.78, 5) is 4.74. The molecule has 0 aliphatic rings. The second-order valence-electron chi connectivity index (χ2n) is 5.45. The number of thioether (sulfide) groups is 1. The van der Waals surface area contributed by atoms with Gasteiger partial charge >= 0.3 is 0 Å². The van der Waals surface area contributed by atoms with E-state index < -0.39 is 0 Å². The van der Waals surface area contributed by atoms with E-state index in [1.807, 2.05) is 41.0 Å². The Hall–Kier alpha value is -2.58. The van der Waals surface area contributed by atoms with E-state index in [1.54, 1.807) is 42.8 Å². The summed E-state index contributed by atoms with van der Waals surface area (Å²) in [7, 11) is 1.68. The van der Waals surface area contributed by atoms with Crippen LogP contribution in [0.1, 0.15) is 11.5 Å². The maximum atomic E-state index is 5.42. The molecule has 0 aliphatic heterocycles. The molecule has 8 heteroatoms. The molecule has 0 aliphatic carbocycles. The first-order chi connectivity index (χ1) is 12.8.